The van der Waals surface area contributed by atoms with Gasteiger partial charge in [-0.1, -0.05) is 0 Å². The lowest BCUT2D eigenvalue weighted by molar-refractivity contribution is -0.116. The van der Waals surface area contributed by atoms with E-state index in [0.29, 0.717) is 23.7 Å². The average molecular weight is 412 g/mol. The maximum absolute atomic E-state index is 12.7. The van der Waals surface area contributed by atoms with Crippen molar-refractivity contribution in [3.05, 3.63) is 16.0 Å². The Morgan fingerprint density at radius 1 is 1.18 bits per heavy atom. The van der Waals surface area contributed by atoms with Crippen molar-refractivity contribution >= 4 is 28.2 Å². The first kappa shape index (κ1) is 22.8. The summed E-state index contributed by atoms with van der Waals surface area (Å²) >= 11 is 1.50. The molecule has 1 aliphatic rings. The average Bonchev–Trinajstić information content (AvgIpc) is 2.97. The fraction of sp³-hybridized carbons (Fsp3) is 0.700. The summed E-state index contributed by atoms with van der Waals surface area (Å²) < 4.78 is 5.00. The van der Waals surface area contributed by atoms with Gasteiger partial charge in [-0.2, -0.15) is 0 Å². The van der Waals surface area contributed by atoms with Crippen LogP contribution in [0.4, 0.5) is 5.00 Å². The fourth-order valence-corrected chi connectivity index (χ4v) is 4.24. The Labute approximate surface area is 171 Å². The number of ether oxygens (including phenoxy) is 1. The number of fused-ring (bicyclic) bond motifs is 1. The molecule has 7 nitrogen and oxygen atoms in total. The van der Waals surface area contributed by atoms with Crippen molar-refractivity contribution in [3.8, 4) is 0 Å². The summed E-state index contributed by atoms with van der Waals surface area (Å²) in [4.78, 5) is 26.5. The highest BCUT2D eigenvalue weighted by atomic mass is 32.1. The van der Waals surface area contributed by atoms with Crippen LogP contribution in [0.5, 0.6) is 0 Å². The Kier molecular flexibility index (Phi) is 7.61. The number of methoxy groups -OCH3 is 1. The van der Waals surface area contributed by atoms with Gasteiger partial charge in [-0.3, -0.25) is 9.59 Å². The Balaban J connectivity index is 2.12. The van der Waals surface area contributed by atoms with Crippen LogP contribution in [0, 0.1) is 0 Å². The van der Waals surface area contributed by atoms with E-state index in [4.69, 9.17) is 4.74 Å². The molecule has 8 heteroatoms. The molecule has 4 N–H and O–H groups in total. The van der Waals surface area contributed by atoms with E-state index in [9.17, 15) is 14.7 Å². The minimum absolute atomic E-state index is 0.0459. The zero-order valence-corrected chi connectivity index (χ0v) is 18.3. The van der Waals surface area contributed by atoms with Gasteiger partial charge in [0.25, 0.3) is 5.91 Å². The van der Waals surface area contributed by atoms with Crippen molar-refractivity contribution in [2.75, 3.05) is 32.1 Å². The van der Waals surface area contributed by atoms with E-state index in [0.717, 1.165) is 31.2 Å². The van der Waals surface area contributed by atoms with E-state index in [2.05, 4.69) is 16.0 Å². The molecule has 0 saturated carbocycles. The van der Waals surface area contributed by atoms with Gasteiger partial charge in [0.05, 0.1) is 24.3 Å². The molecular weight excluding hydrogens is 378 g/mol. The van der Waals surface area contributed by atoms with Gasteiger partial charge in [-0.05, 0) is 58.9 Å². The molecule has 158 valence electrons. The first-order chi connectivity index (χ1) is 13.1. The maximum Gasteiger partial charge on any atom is 0.254 e. The van der Waals surface area contributed by atoms with E-state index in [1.54, 1.807) is 21.0 Å². The van der Waals surface area contributed by atoms with E-state index >= 15 is 0 Å². The maximum atomic E-state index is 12.7. The predicted octanol–water partition coefficient (Wildman–Crippen LogP) is 2.08. The topological polar surface area (TPSA) is 99.7 Å². The number of thiophene rings is 1. The molecule has 0 unspecified atom stereocenters. The van der Waals surface area contributed by atoms with Crippen molar-refractivity contribution in [1.82, 2.24) is 10.6 Å². The molecule has 2 rings (SSSR count). The number of aliphatic hydroxyl groups is 1. The first-order valence-electron chi connectivity index (χ1n) is 9.75. The zero-order valence-electron chi connectivity index (χ0n) is 17.5. The highest BCUT2D eigenvalue weighted by Gasteiger charge is 2.35. The van der Waals surface area contributed by atoms with Crippen LogP contribution in [0.25, 0.3) is 0 Å². The highest BCUT2D eigenvalue weighted by Crippen LogP contribution is 2.38. The largest absolute Gasteiger partial charge is 0.389 e. The second kappa shape index (κ2) is 9.35. The van der Waals surface area contributed by atoms with Gasteiger partial charge in [0.1, 0.15) is 5.00 Å². The molecule has 0 atom stereocenters. The fourth-order valence-electron chi connectivity index (χ4n) is 2.94. The van der Waals surface area contributed by atoms with Gasteiger partial charge in [-0.15, -0.1) is 11.3 Å². The van der Waals surface area contributed by atoms with Gasteiger partial charge >= 0.3 is 0 Å². The molecule has 0 radical (unpaired) electrons. The van der Waals surface area contributed by atoms with Gasteiger partial charge in [-0.25, -0.2) is 0 Å². The first-order valence-corrected chi connectivity index (χ1v) is 10.6. The monoisotopic (exact) mass is 411 g/mol. The standard InChI is InChI=1S/C20H33N3O4S/c1-19(2,20(3,4)26)22-12-15(24)23-18-16(17(25)21-10-11-27-5)13-8-6-7-9-14(13)28-18/h22,26H,6-12H2,1-5H3,(H,21,25)(H,23,24). The second-order valence-corrected chi connectivity index (χ2v) is 9.35. The van der Waals surface area contributed by atoms with E-state index in [1.165, 1.54) is 16.2 Å². The molecule has 1 aliphatic carbocycles. The SMILES string of the molecule is COCCNC(=O)c1c(NC(=O)CNC(C)(C)C(C)(C)O)sc2c1CCCC2. The second-order valence-electron chi connectivity index (χ2n) is 8.25. The Morgan fingerprint density at radius 3 is 2.50 bits per heavy atom. The molecule has 2 amide bonds. The number of nitrogens with one attached hydrogen (secondary N) is 3. The molecule has 0 spiro atoms. The molecule has 0 aliphatic heterocycles. The van der Waals surface area contributed by atoms with Crippen molar-refractivity contribution in [2.45, 2.75) is 64.5 Å². The van der Waals surface area contributed by atoms with E-state index in [-0.39, 0.29) is 18.4 Å². The van der Waals surface area contributed by atoms with E-state index < -0.39 is 11.1 Å². The van der Waals surface area contributed by atoms with Crippen LogP contribution in [0.2, 0.25) is 0 Å². The quantitative estimate of drug-likeness (QED) is 0.466. The number of rotatable bonds is 9. The Morgan fingerprint density at radius 2 is 1.86 bits per heavy atom. The zero-order chi connectivity index (χ0) is 20.9. The molecule has 1 aromatic rings. The molecular formula is C20H33N3O4S. The Hall–Kier alpha value is -1.48. The lowest BCUT2D eigenvalue weighted by Crippen LogP contribution is -2.57. The van der Waals surface area contributed by atoms with Crippen LogP contribution in [0.3, 0.4) is 0 Å². The van der Waals surface area contributed by atoms with Crippen LogP contribution < -0.4 is 16.0 Å². The summed E-state index contributed by atoms with van der Waals surface area (Å²) in [6.45, 7) is 8.01. The number of anilines is 1. The summed E-state index contributed by atoms with van der Waals surface area (Å²) in [6, 6.07) is 0. The van der Waals surface area contributed by atoms with Gasteiger partial charge < -0.3 is 25.8 Å². The number of hydrogen-bond donors (Lipinski definition) is 4. The number of amides is 2. The van der Waals surface area contributed by atoms with Crippen LogP contribution in [-0.2, 0) is 22.4 Å². The number of hydrogen-bond acceptors (Lipinski definition) is 6. The molecule has 1 heterocycles. The third-order valence-corrected chi connectivity index (χ3v) is 6.67. The van der Waals surface area contributed by atoms with Crippen LogP contribution in [0.15, 0.2) is 0 Å². The molecule has 0 bridgehead atoms. The van der Waals surface area contributed by atoms with Crippen LogP contribution >= 0.6 is 11.3 Å². The van der Waals surface area contributed by atoms with Gasteiger partial charge in [0, 0.05) is 24.1 Å². The summed E-state index contributed by atoms with van der Waals surface area (Å²) in [5, 5.41) is 19.7. The third-order valence-electron chi connectivity index (χ3n) is 5.46. The summed E-state index contributed by atoms with van der Waals surface area (Å²) in [5.74, 6) is -0.404. The smallest absolute Gasteiger partial charge is 0.254 e. The summed E-state index contributed by atoms with van der Waals surface area (Å²) in [5.41, 5.74) is 0.0262. The van der Waals surface area contributed by atoms with Crippen LogP contribution in [-0.4, -0.2) is 54.9 Å². The minimum atomic E-state index is -0.984. The van der Waals surface area contributed by atoms with Crippen molar-refractivity contribution in [3.63, 3.8) is 0 Å². The lowest BCUT2D eigenvalue weighted by Gasteiger charge is -2.38. The summed E-state index contributed by atoms with van der Waals surface area (Å²) in [7, 11) is 1.59. The van der Waals surface area contributed by atoms with Crippen molar-refractivity contribution in [2.24, 2.45) is 0 Å². The number of carbonyl (C=O) groups is 2. The van der Waals surface area contributed by atoms with E-state index in [1.807, 2.05) is 13.8 Å². The number of aryl methyl sites for hydroxylation is 1. The molecule has 0 aromatic carbocycles. The van der Waals surface area contributed by atoms with Crippen molar-refractivity contribution in [1.29, 1.82) is 0 Å². The minimum Gasteiger partial charge on any atom is -0.389 e. The van der Waals surface area contributed by atoms with Gasteiger partial charge in [0.15, 0.2) is 0 Å². The molecule has 1 aromatic heterocycles. The molecule has 0 fully saturated rings. The normalized spacial score (nSPS) is 14.5. The summed E-state index contributed by atoms with van der Waals surface area (Å²) in [6.07, 6.45) is 3.96. The number of carbonyl (C=O) groups excluding carboxylic acids is 2. The predicted molar refractivity (Wildman–Crippen MR) is 112 cm³/mol. The highest BCUT2D eigenvalue weighted by molar-refractivity contribution is 7.17. The molecule has 28 heavy (non-hydrogen) atoms. The molecule has 0 saturated heterocycles. The lowest BCUT2D eigenvalue weighted by atomic mass is 9.86. The van der Waals surface area contributed by atoms with Crippen LogP contribution in [0.1, 0.15) is 61.3 Å². The Bertz CT molecular complexity index is 707. The third kappa shape index (κ3) is 5.53. The van der Waals surface area contributed by atoms with Crippen molar-refractivity contribution < 1.29 is 19.4 Å². The van der Waals surface area contributed by atoms with Gasteiger partial charge in [0.2, 0.25) is 5.91 Å².